The molecule has 0 aromatic heterocycles. The van der Waals surface area contributed by atoms with Crippen LogP contribution < -0.4 is 9.64 Å². The smallest absolute Gasteiger partial charge is 0.227 e. The summed E-state index contributed by atoms with van der Waals surface area (Å²) in [6, 6.07) is 27.4. The number of likely N-dealkylation sites (tertiary alicyclic amines) is 1. The van der Waals surface area contributed by atoms with Gasteiger partial charge in [-0.05, 0) is 73.4 Å². The molecule has 3 aromatic carbocycles. The summed E-state index contributed by atoms with van der Waals surface area (Å²) < 4.78 is 6.17. The molecule has 4 nitrogen and oxygen atoms in total. The zero-order chi connectivity index (χ0) is 24.7. The van der Waals surface area contributed by atoms with Gasteiger partial charge in [0.1, 0.15) is 5.75 Å². The Labute approximate surface area is 215 Å². The second-order valence-electron chi connectivity index (χ2n) is 10.5. The summed E-state index contributed by atoms with van der Waals surface area (Å²) in [5, 5.41) is 0. The topological polar surface area (TPSA) is 32.8 Å². The van der Waals surface area contributed by atoms with Crippen molar-refractivity contribution in [2.24, 2.45) is 5.92 Å². The van der Waals surface area contributed by atoms with E-state index in [1.807, 2.05) is 23.1 Å². The van der Waals surface area contributed by atoms with E-state index in [0.717, 1.165) is 35.9 Å². The molecule has 0 saturated carbocycles. The summed E-state index contributed by atoms with van der Waals surface area (Å²) in [5.74, 6) is 2.08. The van der Waals surface area contributed by atoms with Gasteiger partial charge in [0, 0.05) is 19.0 Å². The van der Waals surface area contributed by atoms with Gasteiger partial charge in [0.15, 0.2) is 0 Å². The van der Waals surface area contributed by atoms with Gasteiger partial charge in [0.25, 0.3) is 0 Å². The van der Waals surface area contributed by atoms with E-state index in [0.29, 0.717) is 19.6 Å². The highest BCUT2D eigenvalue weighted by Gasteiger charge is 2.29. The lowest BCUT2D eigenvalue weighted by Crippen LogP contribution is -2.36. The minimum absolute atomic E-state index is 0.187. The third-order valence-electron chi connectivity index (χ3n) is 7.75. The molecule has 1 fully saturated rings. The van der Waals surface area contributed by atoms with Crippen LogP contribution in [0.3, 0.4) is 0 Å². The van der Waals surface area contributed by atoms with Crippen molar-refractivity contribution >= 4 is 11.6 Å². The Morgan fingerprint density at radius 3 is 2.31 bits per heavy atom. The number of ether oxygens (including phenoxy) is 1. The van der Waals surface area contributed by atoms with Gasteiger partial charge in [-0.15, -0.1) is 0 Å². The maximum Gasteiger partial charge on any atom is 0.227 e. The quantitative estimate of drug-likeness (QED) is 0.329. The van der Waals surface area contributed by atoms with Gasteiger partial charge in [-0.1, -0.05) is 73.7 Å². The van der Waals surface area contributed by atoms with Crippen LogP contribution in [0.5, 0.6) is 5.75 Å². The summed E-state index contributed by atoms with van der Waals surface area (Å²) in [5.41, 5.74) is 4.84. The molecule has 1 unspecified atom stereocenters. The Hall–Kier alpha value is -3.11. The zero-order valence-electron chi connectivity index (χ0n) is 21.4. The van der Waals surface area contributed by atoms with Gasteiger partial charge in [0.05, 0.1) is 18.8 Å². The van der Waals surface area contributed by atoms with Crippen molar-refractivity contribution in [1.82, 2.24) is 4.90 Å². The molecular weight excluding hydrogens is 444 g/mol. The molecule has 1 amide bonds. The summed E-state index contributed by atoms with van der Waals surface area (Å²) in [7, 11) is 0. The lowest BCUT2D eigenvalue weighted by Gasteiger charge is -2.33. The molecule has 1 saturated heterocycles. The Morgan fingerprint density at radius 1 is 0.889 bits per heavy atom. The lowest BCUT2D eigenvalue weighted by molar-refractivity contribution is -0.119. The third-order valence-corrected chi connectivity index (χ3v) is 7.75. The van der Waals surface area contributed by atoms with Crippen LogP contribution in [0.25, 0.3) is 0 Å². The number of fused-ring (bicyclic) bond motifs is 1. The number of piperidine rings is 1. The van der Waals surface area contributed by atoms with Crippen molar-refractivity contribution in [3.63, 3.8) is 0 Å². The molecule has 2 heterocycles. The van der Waals surface area contributed by atoms with Crippen LogP contribution in [0.4, 0.5) is 5.69 Å². The van der Waals surface area contributed by atoms with Gasteiger partial charge >= 0.3 is 0 Å². The molecule has 2 aliphatic heterocycles. The van der Waals surface area contributed by atoms with Gasteiger partial charge < -0.3 is 14.5 Å². The fourth-order valence-electron chi connectivity index (χ4n) is 5.66. The average Bonchev–Trinajstić information content (AvgIpc) is 2.91. The Kier molecular flexibility index (Phi) is 8.02. The molecule has 0 bridgehead atoms. The van der Waals surface area contributed by atoms with Crippen molar-refractivity contribution in [1.29, 1.82) is 0 Å². The summed E-state index contributed by atoms with van der Waals surface area (Å²) >= 11 is 0. The molecule has 0 radical (unpaired) electrons. The largest absolute Gasteiger partial charge is 0.493 e. The van der Waals surface area contributed by atoms with Crippen LogP contribution in [0.2, 0.25) is 0 Å². The molecule has 0 N–H and O–H groups in total. The van der Waals surface area contributed by atoms with Gasteiger partial charge in [-0.3, -0.25) is 4.79 Å². The normalized spacial score (nSPS) is 18.8. The average molecular weight is 483 g/mol. The number of rotatable bonds is 9. The first kappa shape index (κ1) is 24.6. The van der Waals surface area contributed by atoms with Crippen molar-refractivity contribution < 1.29 is 9.53 Å². The first-order valence-corrected chi connectivity index (χ1v) is 13.5. The van der Waals surface area contributed by atoms with Crippen LogP contribution >= 0.6 is 0 Å². The van der Waals surface area contributed by atoms with E-state index < -0.39 is 0 Å². The maximum absolute atomic E-state index is 12.9. The Balaban J connectivity index is 1.11. The van der Waals surface area contributed by atoms with Crippen molar-refractivity contribution in [2.75, 3.05) is 31.1 Å². The van der Waals surface area contributed by atoms with Crippen molar-refractivity contribution in [3.05, 3.63) is 95.6 Å². The standard InChI is InChI=1S/C32H38N2O2/c1-25-21-32(35)34(24-28-11-6-3-7-12-28)31-23-29(13-14-30(25)31)36-20-8-17-33-18-15-27(16-19-33)22-26-9-4-2-5-10-26/h2-7,9-14,23,25,27H,8,15-22,24H2,1H3. The van der Waals surface area contributed by atoms with Gasteiger partial charge in [0.2, 0.25) is 5.91 Å². The highest BCUT2D eigenvalue weighted by atomic mass is 16.5. The van der Waals surface area contributed by atoms with E-state index in [-0.39, 0.29) is 11.8 Å². The van der Waals surface area contributed by atoms with Gasteiger partial charge in [-0.25, -0.2) is 0 Å². The molecule has 4 heteroatoms. The Morgan fingerprint density at radius 2 is 1.58 bits per heavy atom. The number of benzene rings is 3. The lowest BCUT2D eigenvalue weighted by atomic mass is 9.90. The molecule has 3 aromatic rings. The molecule has 1 atom stereocenters. The summed E-state index contributed by atoms with van der Waals surface area (Å²) in [6.07, 6.45) is 5.35. The highest BCUT2D eigenvalue weighted by Crippen LogP contribution is 2.38. The van der Waals surface area contributed by atoms with Crippen LogP contribution in [0.15, 0.2) is 78.9 Å². The number of nitrogens with zero attached hydrogens (tertiary/aromatic N) is 2. The van der Waals surface area contributed by atoms with Crippen molar-refractivity contribution in [2.45, 2.75) is 51.5 Å². The number of carbonyl (C=O) groups excluding carboxylic acids is 1. The monoisotopic (exact) mass is 482 g/mol. The number of hydrogen-bond donors (Lipinski definition) is 0. The van der Waals surface area contributed by atoms with E-state index in [2.05, 4.69) is 72.5 Å². The van der Waals surface area contributed by atoms with Crippen LogP contribution in [0, 0.1) is 5.92 Å². The SMILES string of the molecule is CC1CC(=O)N(Cc2ccccc2)c2cc(OCCCN3CCC(Cc4ccccc4)CC3)ccc21. The molecule has 0 aliphatic carbocycles. The van der Waals surface area contributed by atoms with E-state index in [1.54, 1.807) is 0 Å². The molecule has 2 aliphatic rings. The molecular formula is C32H38N2O2. The second kappa shape index (κ2) is 11.7. The minimum Gasteiger partial charge on any atom is -0.493 e. The summed E-state index contributed by atoms with van der Waals surface area (Å²) in [4.78, 5) is 17.4. The first-order valence-electron chi connectivity index (χ1n) is 13.5. The minimum atomic E-state index is 0.187. The van der Waals surface area contributed by atoms with E-state index in [1.165, 1.54) is 43.5 Å². The maximum atomic E-state index is 12.9. The van der Waals surface area contributed by atoms with E-state index >= 15 is 0 Å². The molecule has 0 spiro atoms. The fraction of sp³-hybridized carbons (Fsp3) is 0.406. The summed E-state index contributed by atoms with van der Waals surface area (Å²) in [6.45, 7) is 6.89. The van der Waals surface area contributed by atoms with Crippen LogP contribution in [-0.2, 0) is 17.8 Å². The first-order chi connectivity index (χ1) is 17.7. The number of amides is 1. The van der Waals surface area contributed by atoms with Gasteiger partial charge in [-0.2, -0.15) is 0 Å². The van der Waals surface area contributed by atoms with Crippen molar-refractivity contribution in [3.8, 4) is 5.75 Å². The van der Waals surface area contributed by atoms with Crippen LogP contribution in [0.1, 0.15) is 55.2 Å². The predicted molar refractivity (Wildman–Crippen MR) is 147 cm³/mol. The number of carbonyl (C=O) groups is 1. The third kappa shape index (κ3) is 6.17. The fourth-order valence-corrected chi connectivity index (χ4v) is 5.66. The van der Waals surface area contributed by atoms with E-state index in [4.69, 9.17) is 4.74 Å². The molecule has 36 heavy (non-hydrogen) atoms. The molecule has 5 rings (SSSR count). The Bertz CT molecular complexity index is 1120. The van der Waals surface area contributed by atoms with Crippen LogP contribution in [-0.4, -0.2) is 37.0 Å². The predicted octanol–water partition coefficient (Wildman–Crippen LogP) is 6.45. The van der Waals surface area contributed by atoms with E-state index in [9.17, 15) is 4.79 Å². The molecule has 188 valence electrons. The number of hydrogen-bond acceptors (Lipinski definition) is 3. The zero-order valence-corrected chi connectivity index (χ0v) is 21.4. The number of anilines is 1. The highest BCUT2D eigenvalue weighted by molar-refractivity contribution is 5.97. The second-order valence-corrected chi connectivity index (χ2v) is 10.5.